The predicted octanol–water partition coefficient (Wildman–Crippen LogP) is 4.99. The van der Waals surface area contributed by atoms with Gasteiger partial charge in [0, 0.05) is 12.7 Å². The molecule has 0 bridgehead atoms. The molecule has 2 aromatic rings. The van der Waals surface area contributed by atoms with Crippen LogP contribution in [0.15, 0.2) is 54.6 Å². The molecule has 6 nitrogen and oxygen atoms in total. The SMILES string of the molecule is CC(C)(C)OC(=O)NCCc1ccc(CCCP(=O)(O)COc2ccccc2)cc1. The van der Waals surface area contributed by atoms with E-state index in [4.69, 9.17) is 9.47 Å². The van der Waals surface area contributed by atoms with E-state index in [0.717, 1.165) is 17.5 Å². The van der Waals surface area contributed by atoms with Crippen molar-refractivity contribution in [3.05, 3.63) is 65.7 Å². The average molecular weight is 433 g/mol. The maximum absolute atomic E-state index is 12.3. The zero-order valence-corrected chi connectivity index (χ0v) is 18.9. The molecule has 2 rings (SSSR count). The van der Waals surface area contributed by atoms with E-state index in [-0.39, 0.29) is 12.5 Å². The number of amides is 1. The lowest BCUT2D eigenvalue weighted by atomic mass is 10.1. The van der Waals surface area contributed by atoms with E-state index in [9.17, 15) is 14.3 Å². The molecule has 0 spiro atoms. The highest BCUT2D eigenvalue weighted by Crippen LogP contribution is 2.41. The van der Waals surface area contributed by atoms with Gasteiger partial charge in [-0.2, -0.15) is 0 Å². The van der Waals surface area contributed by atoms with Gasteiger partial charge in [0.15, 0.2) is 6.35 Å². The lowest BCUT2D eigenvalue weighted by Gasteiger charge is -2.19. The van der Waals surface area contributed by atoms with E-state index in [0.29, 0.717) is 25.1 Å². The Morgan fingerprint density at radius 1 is 1.00 bits per heavy atom. The summed E-state index contributed by atoms with van der Waals surface area (Å²) in [5, 5.41) is 2.75. The standard InChI is InChI=1S/C23H32NO5P/c1-23(2,3)29-22(25)24-16-15-20-13-11-19(12-14-20)8-7-17-30(26,27)18-28-21-9-5-4-6-10-21/h4-6,9-14H,7-8,15-18H2,1-3H3,(H,24,25)(H,26,27). The minimum Gasteiger partial charge on any atom is -0.484 e. The second-order valence-corrected chi connectivity index (χ2v) is 10.7. The fourth-order valence-corrected chi connectivity index (χ4v) is 3.91. The number of carbonyl (C=O) groups is 1. The minimum atomic E-state index is -3.32. The van der Waals surface area contributed by atoms with Crippen LogP contribution in [0.2, 0.25) is 0 Å². The largest absolute Gasteiger partial charge is 0.484 e. The number of rotatable bonds is 10. The van der Waals surface area contributed by atoms with Crippen LogP contribution in [-0.4, -0.2) is 35.6 Å². The monoisotopic (exact) mass is 433 g/mol. The Hall–Kier alpha value is -2.30. The molecule has 1 amide bonds. The average Bonchev–Trinajstić information content (AvgIpc) is 2.67. The molecule has 164 valence electrons. The van der Waals surface area contributed by atoms with Gasteiger partial charge >= 0.3 is 6.09 Å². The zero-order chi connectivity index (χ0) is 22.0. The summed E-state index contributed by atoms with van der Waals surface area (Å²) in [7, 11) is -3.32. The number of hydrogen-bond acceptors (Lipinski definition) is 4. The van der Waals surface area contributed by atoms with Gasteiger partial charge in [0.25, 0.3) is 0 Å². The van der Waals surface area contributed by atoms with Crippen LogP contribution in [0.4, 0.5) is 4.79 Å². The van der Waals surface area contributed by atoms with Crippen LogP contribution in [0.3, 0.4) is 0 Å². The molecular weight excluding hydrogens is 401 g/mol. The van der Waals surface area contributed by atoms with Gasteiger partial charge in [-0.1, -0.05) is 42.5 Å². The predicted molar refractivity (Wildman–Crippen MR) is 119 cm³/mol. The number of ether oxygens (including phenoxy) is 2. The molecule has 0 radical (unpaired) electrons. The van der Waals surface area contributed by atoms with Gasteiger partial charge in [0.05, 0.1) is 0 Å². The van der Waals surface area contributed by atoms with Gasteiger partial charge in [-0.15, -0.1) is 0 Å². The van der Waals surface area contributed by atoms with E-state index >= 15 is 0 Å². The Balaban J connectivity index is 1.67. The van der Waals surface area contributed by atoms with Crippen molar-refractivity contribution in [2.24, 2.45) is 0 Å². The van der Waals surface area contributed by atoms with Crippen LogP contribution in [0.1, 0.15) is 38.3 Å². The summed E-state index contributed by atoms with van der Waals surface area (Å²) in [5.74, 6) is 0.600. The molecule has 0 aliphatic carbocycles. The highest BCUT2D eigenvalue weighted by Gasteiger charge is 2.19. The molecule has 0 saturated heterocycles. The number of alkyl carbamates (subject to hydrolysis) is 1. The molecule has 1 unspecified atom stereocenters. The third kappa shape index (κ3) is 9.95. The normalized spacial score (nSPS) is 13.3. The number of benzene rings is 2. The number of nitrogens with one attached hydrogen (secondary N) is 1. The van der Waals surface area contributed by atoms with Crippen molar-refractivity contribution in [1.29, 1.82) is 0 Å². The molecule has 1 atom stereocenters. The highest BCUT2D eigenvalue weighted by molar-refractivity contribution is 7.57. The number of carbonyl (C=O) groups excluding carboxylic acids is 1. The fraction of sp³-hybridized carbons (Fsp3) is 0.435. The first-order valence-electron chi connectivity index (χ1n) is 10.2. The lowest BCUT2D eigenvalue weighted by Crippen LogP contribution is -2.33. The third-order valence-corrected chi connectivity index (χ3v) is 5.80. The van der Waals surface area contributed by atoms with Crippen molar-refractivity contribution in [2.75, 3.05) is 19.1 Å². The second kappa shape index (κ2) is 11.2. The molecule has 0 aliphatic rings. The van der Waals surface area contributed by atoms with Crippen LogP contribution in [-0.2, 0) is 22.1 Å². The molecule has 0 heterocycles. The lowest BCUT2D eigenvalue weighted by molar-refractivity contribution is 0.0528. The van der Waals surface area contributed by atoms with Crippen LogP contribution in [0, 0.1) is 0 Å². The van der Waals surface area contributed by atoms with Gasteiger partial charge in [-0.25, -0.2) is 4.79 Å². The third-order valence-electron chi connectivity index (χ3n) is 4.25. The summed E-state index contributed by atoms with van der Waals surface area (Å²) in [6.45, 7) is 6.00. The van der Waals surface area contributed by atoms with E-state index in [1.165, 1.54) is 0 Å². The number of aryl methyl sites for hydroxylation is 1. The van der Waals surface area contributed by atoms with Gasteiger partial charge in [0.1, 0.15) is 11.4 Å². The van der Waals surface area contributed by atoms with Gasteiger partial charge in [0.2, 0.25) is 7.37 Å². The van der Waals surface area contributed by atoms with Crippen molar-refractivity contribution < 1.29 is 23.7 Å². The van der Waals surface area contributed by atoms with E-state index in [1.807, 2.05) is 63.2 Å². The Kier molecular flexibility index (Phi) is 8.94. The number of para-hydroxylation sites is 1. The van der Waals surface area contributed by atoms with Crippen molar-refractivity contribution in [3.63, 3.8) is 0 Å². The van der Waals surface area contributed by atoms with E-state index in [1.54, 1.807) is 12.1 Å². The van der Waals surface area contributed by atoms with Gasteiger partial charge in [-0.3, -0.25) is 4.57 Å². The van der Waals surface area contributed by atoms with Crippen LogP contribution in [0.25, 0.3) is 0 Å². The van der Waals surface area contributed by atoms with Crippen molar-refractivity contribution in [3.8, 4) is 5.75 Å². The van der Waals surface area contributed by atoms with Crippen molar-refractivity contribution >= 4 is 13.5 Å². The molecule has 0 aromatic heterocycles. The summed E-state index contributed by atoms with van der Waals surface area (Å²) in [6.07, 6.45) is 1.70. The Morgan fingerprint density at radius 2 is 1.60 bits per heavy atom. The maximum Gasteiger partial charge on any atom is 0.407 e. The first-order valence-corrected chi connectivity index (χ1v) is 12.2. The molecule has 0 fully saturated rings. The Bertz CT molecular complexity index is 831. The molecule has 2 aromatic carbocycles. The van der Waals surface area contributed by atoms with E-state index < -0.39 is 19.1 Å². The molecule has 2 N–H and O–H groups in total. The molecule has 30 heavy (non-hydrogen) atoms. The minimum absolute atomic E-state index is 0.166. The topological polar surface area (TPSA) is 84.9 Å². The quantitative estimate of drug-likeness (QED) is 0.516. The summed E-state index contributed by atoms with van der Waals surface area (Å²) in [5.41, 5.74) is 1.72. The van der Waals surface area contributed by atoms with Crippen molar-refractivity contribution in [2.45, 2.75) is 45.6 Å². The second-order valence-electron chi connectivity index (χ2n) is 8.26. The number of hydrogen-bond donors (Lipinski definition) is 2. The first kappa shape index (κ1) is 24.0. The summed E-state index contributed by atoms with van der Waals surface area (Å²) in [4.78, 5) is 21.7. The van der Waals surface area contributed by atoms with Crippen LogP contribution >= 0.6 is 7.37 Å². The summed E-state index contributed by atoms with van der Waals surface area (Å²) >= 11 is 0. The molecular formula is C23H32NO5P. The summed E-state index contributed by atoms with van der Waals surface area (Å²) < 4.78 is 22.9. The maximum atomic E-state index is 12.3. The highest BCUT2D eigenvalue weighted by atomic mass is 31.2. The van der Waals surface area contributed by atoms with Gasteiger partial charge in [-0.05, 0) is 63.3 Å². The van der Waals surface area contributed by atoms with Crippen molar-refractivity contribution in [1.82, 2.24) is 5.32 Å². The zero-order valence-electron chi connectivity index (χ0n) is 18.0. The smallest absolute Gasteiger partial charge is 0.407 e. The first-order chi connectivity index (χ1) is 14.1. The van der Waals surface area contributed by atoms with Crippen LogP contribution < -0.4 is 10.1 Å². The Morgan fingerprint density at radius 3 is 2.20 bits per heavy atom. The summed E-state index contributed by atoms with van der Waals surface area (Å²) in [6, 6.07) is 17.1. The van der Waals surface area contributed by atoms with Crippen LogP contribution in [0.5, 0.6) is 5.75 Å². The molecule has 0 saturated carbocycles. The van der Waals surface area contributed by atoms with Gasteiger partial charge < -0.3 is 19.7 Å². The Labute approximate surface area is 179 Å². The molecule has 7 heteroatoms. The van der Waals surface area contributed by atoms with E-state index in [2.05, 4.69) is 5.32 Å². The molecule has 0 aliphatic heterocycles. The fourth-order valence-electron chi connectivity index (χ4n) is 2.78.